The molecule has 20 heavy (non-hydrogen) atoms. The molecular weight excluding hydrogens is 294 g/mol. The van der Waals surface area contributed by atoms with Gasteiger partial charge in [-0.2, -0.15) is 0 Å². The van der Waals surface area contributed by atoms with E-state index in [4.69, 9.17) is 11.6 Å². The highest BCUT2D eigenvalue weighted by molar-refractivity contribution is 7.16. The normalized spacial score (nSPS) is 12.6. The van der Waals surface area contributed by atoms with Crippen LogP contribution in [0, 0.1) is 13.8 Å². The lowest BCUT2D eigenvalue weighted by molar-refractivity contribution is 0.178. The average molecular weight is 312 g/mol. The third kappa shape index (κ3) is 3.73. The smallest absolute Gasteiger partial charge is 0.120 e. The van der Waals surface area contributed by atoms with E-state index in [-0.39, 0.29) is 5.75 Å². The zero-order chi connectivity index (χ0) is 14.7. The van der Waals surface area contributed by atoms with Gasteiger partial charge in [-0.1, -0.05) is 17.7 Å². The quantitative estimate of drug-likeness (QED) is 0.791. The number of halogens is 1. The Balaban J connectivity index is 1.91. The van der Waals surface area contributed by atoms with E-state index in [9.17, 15) is 10.2 Å². The SMILES string of the molecule is Cc1cc(O)c(CNCC(O)c2ccc(Cl)s2)cc1C. The summed E-state index contributed by atoms with van der Waals surface area (Å²) in [6.45, 7) is 4.92. The molecule has 0 spiro atoms. The van der Waals surface area contributed by atoms with E-state index in [0.717, 1.165) is 21.6 Å². The standard InChI is InChI=1S/C15H18ClNO2S/c1-9-5-11(12(18)6-10(9)2)7-17-8-13(19)14-3-4-15(16)20-14/h3-6,13,17-19H,7-8H2,1-2H3. The molecule has 108 valence electrons. The van der Waals surface area contributed by atoms with Crippen molar-refractivity contribution in [3.8, 4) is 5.75 Å². The van der Waals surface area contributed by atoms with Crippen LogP contribution in [0.3, 0.4) is 0 Å². The van der Waals surface area contributed by atoms with E-state index in [1.807, 2.05) is 26.0 Å². The van der Waals surface area contributed by atoms with Gasteiger partial charge in [-0.05, 0) is 43.2 Å². The minimum Gasteiger partial charge on any atom is -0.508 e. The van der Waals surface area contributed by atoms with Gasteiger partial charge in [0, 0.05) is 23.5 Å². The van der Waals surface area contributed by atoms with Crippen LogP contribution in [-0.2, 0) is 6.54 Å². The highest BCUT2D eigenvalue weighted by Crippen LogP contribution is 2.27. The molecule has 0 amide bonds. The first-order valence-electron chi connectivity index (χ1n) is 6.40. The van der Waals surface area contributed by atoms with E-state index in [1.165, 1.54) is 11.3 Å². The number of phenolic OH excluding ortho intramolecular Hbond substituents is 1. The first kappa shape index (κ1) is 15.3. The summed E-state index contributed by atoms with van der Waals surface area (Å²) in [5.74, 6) is 0.286. The number of phenols is 1. The van der Waals surface area contributed by atoms with Crippen LogP contribution < -0.4 is 5.32 Å². The van der Waals surface area contributed by atoms with E-state index >= 15 is 0 Å². The molecule has 1 unspecified atom stereocenters. The number of nitrogens with one attached hydrogen (secondary N) is 1. The molecule has 0 saturated heterocycles. The molecule has 0 aliphatic heterocycles. The van der Waals surface area contributed by atoms with Gasteiger partial charge >= 0.3 is 0 Å². The summed E-state index contributed by atoms with van der Waals surface area (Å²) in [4.78, 5) is 0.840. The Morgan fingerprint density at radius 3 is 2.60 bits per heavy atom. The van der Waals surface area contributed by atoms with Crippen LogP contribution in [-0.4, -0.2) is 16.8 Å². The van der Waals surface area contributed by atoms with Crippen LogP contribution in [0.5, 0.6) is 5.75 Å². The Labute approximate surface area is 127 Å². The fourth-order valence-corrected chi connectivity index (χ4v) is 3.00. The third-order valence-electron chi connectivity index (χ3n) is 3.27. The van der Waals surface area contributed by atoms with Gasteiger partial charge < -0.3 is 15.5 Å². The lowest BCUT2D eigenvalue weighted by Gasteiger charge is -2.12. The van der Waals surface area contributed by atoms with Crippen molar-refractivity contribution in [2.45, 2.75) is 26.5 Å². The predicted molar refractivity (Wildman–Crippen MR) is 83.6 cm³/mol. The van der Waals surface area contributed by atoms with E-state index in [1.54, 1.807) is 12.1 Å². The van der Waals surface area contributed by atoms with Gasteiger partial charge in [-0.3, -0.25) is 0 Å². The summed E-state index contributed by atoms with van der Waals surface area (Å²) in [5, 5.41) is 23.0. The third-order valence-corrected chi connectivity index (χ3v) is 4.60. The van der Waals surface area contributed by atoms with Crippen molar-refractivity contribution in [2.24, 2.45) is 0 Å². The molecule has 1 aromatic carbocycles. The molecule has 1 heterocycles. The Morgan fingerprint density at radius 1 is 1.25 bits per heavy atom. The second-order valence-corrected chi connectivity index (χ2v) is 6.60. The topological polar surface area (TPSA) is 52.5 Å². The molecule has 1 atom stereocenters. The summed E-state index contributed by atoms with van der Waals surface area (Å²) in [7, 11) is 0. The number of rotatable bonds is 5. The lowest BCUT2D eigenvalue weighted by atomic mass is 10.1. The van der Waals surface area contributed by atoms with Gasteiger partial charge in [0.25, 0.3) is 0 Å². The number of aromatic hydroxyl groups is 1. The molecule has 0 saturated carbocycles. The van der Waals surface area contributed by atoms with Crippen molar-refractivity contribution in [3.63, 3.8) is 0 Å². The van der Waals surface area contributed by atoms with Crippen molar-refractivity contribution in [2.75, 3.05) is 6.54 Å². The van der Waals surface area contributed by atoms with Gasteiger partial charge in [0.2, 0.25) is 0 Å². The minimum absolute atomic E-state index is 0.286. The van der Waals surface area contributed by atoms with Crippen LogP contribution in [0.4, 0.5) is 0 Å². The summed E-state index contributed by atoms with van der Waals surface area (Å²) in [5.41, 5.74) is 3.05. The van der Waals surface area contributed by atoms with Crippen molar-refractivity contribution < 1.29 is 10.2 Å². The van der Waals surface area contributed by atoms with Crippen LogP contribution in [0.25, 0.3) is 0 Å². The van der Waals surface area contributed by atoms with Gasteiger partial charge in [-0.25, -0.2) is 0 Å². The fraction of sp³-hybridized carbons (Fsp3) is 0.333. The lowest BCUT2D eigenvalue weighted by Crippen LogP contribution is -2.20. The zero-order valence-electron chi connectivity index (χ0n) is 11.5. The van der Waals surface area contributed by atoms with Crippen molar-refractivity contribution >= 4 is 22.9 Å². The number of aryl methyl sites for hydroxylation is 2. The second kappa shape index (κ2) is 6.59. The largest absolute Gasteiger partial charge is 0.508 e. The average Bonchev–Trinajstić information content (AvgIpc) is 2.82. The molecule has 3 nitrogen and oxygen atoms in total. The summed E-state index contributed by atoms with van der Waals surface area (Å²) in [6, 6.07) is 7.33. The molecule has 0 bridgehead atoms. The zero-order valence-corrected chi connectivity index (χ0v) is 13.1. The second-order valence-electron chi connectivity index (χ2n) is 4.85. The number of benzene rings is 1. The van der Waals surface area contributed by atoms with E-state index in [2.05, 4.69) is 5.32 Å². The van der Waals surface area contributed by atoms with Crippen molar-refractivity contribution in [1.82, 2.24) is 5.32 Å². The van der Waals surface area contributed by atoms with Gasteiger partial charge in [-0.15, -0.1) is 11.3 Å². The predicted octanol–water partition coefficient (Wildman–Crippen LogP) is 3.55. The maximum absolute atomic E-state index is 10.0. The van der Waals surface area contributed by atoms with Crippen molar-refractivity contribution in [3.05, 3.63) is 50.2 Å². The Kier molecular flexibility index (Phi) is 5.05. The van der Waals surface area contributed by atoms with Crippen LogP contribution >= 0.6 is 22.9 Å². The van der Waals surface area contributed by atoms with Gasteiger partial charge in [0.1, 0.15) is 11.9 Å². The number of aliphatic hydroxyl groups excluding tert-OH is 1. The molecule has 2 rings (SSSR count). The molecular formula is C15H18ClNO2S. The highest BCUT2D eigenvalue weighted by Gasteiger charge is 2.10. The first-order chi connectivity index (χ1) is 9.47. The maximum atomic E-state index is 10.0. The number of hydrogen-bond donors (Lipinski definition) is 3. The molecule has 1 aromatic heterocycles. The first-order valence-corrected chi connectivity index (χ1v) is 7.60. The maximum Gasteiger partial charge on any atom is 0.120 e. The number of thiophene rings is 1. The molecule has 0 radical (unpaired) electrons. The van der Waals surface area contributed by atoms with E-state index < -0.39 is 6.10 Å². The van der Waals surface area contributed by atoms with Gasteiger partial charge in [0.05, 0.1) is 4.34 Å². The van der Waals surface area contributed by atoms with Crippen LogP contribution in [0.1, 0.15) is 27.7 Å². The fourth-order valence-electron chi connectivity index (χ4n) is 1.95. The summed E-state index contributed by atoms with van der Waals surface area (Å²) in [6.07, 6.45) is -0.582. The van der Waals surface area contributed by atoms with Crippen LogP contribution in [0.2, 0.25) is 4.34 Å². The van der Waals surface area contributed by atoms with Crippen LogP contribution in [0.15, 0.2) is 24.3 Å². The van der Waals surface area contributed by atoms with E-state index in [0.29, 0.717) is 17.4 Å². The summed E-state index contributed by atoms with van der Waals surface area (Å²) >= 11 is 7.22. The molecule has 0 aliphatic rings. The monoisotopic (exact) mass is 311 g/mol. The molecule has 0 aliphatic carbocycles. The Bertz CT molecular complexity index is 598. The Hall–Kier alpha value is -1.07. The molecule has 0 fully saturated rings. The highest BCUT2D eigenvalue weighted by atomic mass is 35.5. The molecule has 3 N–H and O–H groups in total. The minimum atomic E-state index is -0.582. The van der Waals surface area contributed by atoms with Gasteiger partial charge in [0.15, 0.2) is 0 Å². The molecule has 2 aromatic rings. The number of hydrogen-bond acceptors (Lipinski definition) is 4. The number of aliphatic hydroxyl groups is 1. The summed E-state index contributed by atoms with van der Waals surface area (Å²) < 4.78 is 0.672. The Morgan fingerprint density at radius 2 is 1.95 bits per heavy atom. The molecule has 5 heteroatoms. The van der Waals surface area contributed by atoms with Crippen molar-refractivity contribution in [1.29, 1.82) is 0 Å².